The fraction of sp³-hybridized carbons (Fsp3) is 0.667. The molecule has 0 spiro atoms. The van der Waals surface area contributed by atoms with E-state index in [9.17, 15) is 9.90 Å². The van der Waals surface area contributed by atoms with Crippen molar-refractivity contribution in [2.75, 3.05) is 39.3 Å². The first-order valence-electron chi connectivity index (χ1n) is 7.56. The summed E-state index contributed by atoms with van der Waals surface area (Å²) in [5, 5.41) is 11.6. The molecular formula is C15H22N2O3S. The van der Waals surface area contributed by atoms with Crippen molar-refractivity contribution in [2.24, 2.45) is 0 Å². The van der Waals surface area contributed by atoms with E-state index in [0.717, 1.165) is 44.8 Å². The number of thiophene rings is 1. The Kier molecular flexibility index (Phi) is 4.59. The third kappa shape index (κ3) is 3.13. The number of nitrogens with zero attached hydrogens (tertiary/aromatic N) is 2. The zero-order valence-corrected chi connectivity index (χ0v) is 13.1. The van der Waals surface area contributed by atoms with Gasteiger partial charge in [0, 0.05) is 31.1 Å². The van der Waals surface area contributed by atoms with Crippen molar-refractivity contribution in [1.29, 1.82) is 0 Å². The molecule has 1 aromatic heterocycles. The zero-order chi connectivity index (χ0) is 14.8. The fourth-order valence-electron chi connectivity index (χ4n) is 3.29. The minimum absolute atomic E-state index is 0.112. The van der Waals surface area contributed by atoms with Crippen LogP contribution in [-0.2, 0) is 16.0 Å². The molecule has 0 amide bonds. The minimum atomic E-state index is -0.752. The molecule has 3 heterocycles. The van der Waals surface area contributed by atoms with Gasteiger partial charge in [0.25, 0.3) is 0 Å². The van der Waals surface area contributed by atoms with E-state index in [-0.39, 0.29) is 6.10 Å². The molecular weight excluding hydrogens is 288 g/mol. The van der Waals surface area contributed by atoms with Gasteiger partial charge in [-0.25, -0.2) is 0 Å². The second-order valence-electron chi connectivity index (χ2n) is 5.67. The molecule has 21 heavy (non-hydrogen) atoms. The molecule has 0 aliphatic carbocycles. The molecule has 0 bridgehead atoms. The van der Waals surface area contributed by atoms with Crippen LogP contribution in [0, 0.1) is 0 Å². The van der Waals surface area contributed by atoms with E-state index < -0.39 is 12.0 Å². The van der Waals surface area contributed by atoms with Gasteiger partial charge in [-0.1, -0.05) is 6.92 Å². The lowest BCUT2D eigenvalue weighted by Crippen LogP contribution is -2.50. The van der Waals surface area contributed by atoms with Gasteiger partial charge in [-0.2, -0.15) is 0 Å². The van der Waals surface area contributed by atoms with Gasteiger partial charge in [0.2, 0.25) is 0 Å². The third-order valence-corrected chi connectivity index (χ3v) is 5.40. The number of fused-ring (bicyclic) bond motifs is 1. The SMILES string of the molecule is CCN1CCOC(CN2CCc3sccc3C2C(=O)O)C1. The van der Waals surface area contributed by atoms with E-state index in [1.165, 1.54) is 4.88 Å². The third-order valence-electron chi connectivity index (χ3n) is 4.41. The predicted molar refractivity (Wildman–Crippen MR) is 81.8 cm³/mol. The number of rotatable bonds is 4. The van der Waals surface area contributed by atoms with E-state index in [1.807, 2.05) is 11.4 Å². The lowest BCUT2D eigenvalue weighted by molar-refractivity contribution is -0.145. The van der Waals surface area contributed by atoms with Gasteiger partial charge < -0.3 is 9.84 Å². The maximum absolute atomic E-state index is 11.7. The molecule has 1 saturated heterocycles. The largest absolute Gasteiger partial charge is 0.480 e. The number of hydrogen-bond acceptors (Lipinski definition) is 5. The lowest BCUT2D eigenvalue weighted by Gasteiger charge is -2.38. The molecule has 0 radical (unpaired) electrons. The van der Waals surface area contributed by atoms with Crippen LogP contribution < -0.4 is 0 Å². The quantitative estimate of drug-likeness (QED) is 0.912. The van der Waals surface area contributed by atoms with Crippen LogP contribution >= 0.6 is 11.3 Å². The molecule has 6 heteroatoms. The molecule has 1 aromatic rings. The molecule has 3 rings (SSSR count). The highest BCUT2D eigenvalue weighted by Gasteiger charge is 2.35. The molecule has 2 aliphatic heterocycles. The number of ether oxygens (including phenoxy) is 1. The smallest absolute Gasteiger partial charge is 0.325 e. The Labute approximate surface area is 129 Å². The van der Waals surface area contributed by atoms with E-state index in [2.05, 4.69) is 16.7 Å². The molecule has 1 N–H and O–H groups in total. The van der Waals surface area contributed by atoms with Crippen molar-refractivity contribution >= 4 is 17.3 Å². The molecule has 2 atom stereocenters. The number of hydrogen-bond donors (Lipinski definition) is 1. The van der Waals surface area contributed by atoms with Gasteiger partial charge in [-0.15, -0.1) is 11.3 Å². The highest BCUT2D eigenvalue weighted by atomic mass is 32.1. The Balaban J connectivity index is 1.71. The van der Waals surface area contributed by atoms with Crippen molar-refractivity contribution in [3.8, 4) is 0 Å². The van der Waals surface area contributed by atoms with Gasteiger partial charge in [0.1, 0.15) is 6.04 Å². The van der Waals surface area contributed by atoms with Crippen molar-refractivity contribution in [2.45, 2.75) is 25.5 Å². The Hall–Kier alpha value is -0.950. The molecule has 0 aromatic carbocycles. The first kappa shape index (κ1) is 15.0. The summed E-state index contributed by atoms with van der Waals surface area (Å²) in [5.74, 6) is -0.752. The fourth-order valence-corrected chi connectivity index (χ4v) is 4.20. The number of carboxylic acids is 1. The van der Waals surface area contributed by atoms with Crippen molar-refractivity contribution in [1.82, 2.24) is 9.80 Å². The lowest BCUT2D eigenvalue weighted by atomic mass is 9.99. The molecule has 1 fully saturated rings. The average Bonchev–Trinajstić information content (AvgIpc) is 2.95. The van der Waals surface area contributed by atoms with E-state index in [1.54, 1.807) is 11.3 Å². The van der Waals surface area contributed by atoms with E-state index >= 15 is 0 Å². The van der Waals surface area contributed by atoms with Crippen LogP contribution in [0.1, 0.15) is 23.4 Å². The van der Waals surface area contributed by atoms with Gasteiger partial charge in [-0.3, -0.25) is 14.6 Å². The summed E-state index contributed by atoms with van der Waals surface area (Å²) in [6.45, 7) is 7.30. The standard InChI is InChI=1S/C15H22N2O3S/c1-2-16-6-7-20-11(9-16)10-17-5-3-13-12(4-8-21-13)14(17)15(18)19/h4,8,11,14H,2-3,5-7,9-10H2,1H3,(H,18,19). The molecule has 2 unspecified atom stereocenters. The Morgan fingerprint density at radius 2 is 2.38 bits per heavy atom. The van der Waals surface area contributed by atoms with Crippen molar-refractivity contribution in [3.05, 3.63) is 21.9 Å². The van der Waals surface area contributed by atoms with Crippen LogP contribution in [-0.4, -0.2) is 66.3 Å². The van der Waals surface area contributed by atoms with Crippen LogP contribution in [0.5, 0.6) is 0 Å². The maximum atomic E-state index is 11.7. The minimum Gasteiger partial charge on any atom is -0.480 e. The summed E-state index contributed by atoms with van der Waals surface area (Å²) in [6, 6.07) is 1.45. The highest BCUT2D eigenvalue weighted by molar-refractivity contribution is 7.10. The van der Waals surface area contributed by atoms with Crippen LogP contribution in [0.2, 0.25) is 0 Å². The number of morpholine rings is 1. The normalized spacial score (nSPS) is 27.5. The number of carboxylic acid groups (broad SMARTS) is 1. The summed E-state index contributed by atoms with van der Waals surface area (Å²) < 4.78 is 5.84. The summed E-state index contributed by atoms with van der Waals surface area (Å²) in [7, 11) is 0. The van der Waals surface area contributed by atoms with E-state index in [0.29, 0.717) is 6.54 Å². The van der Waals surface area contributed by atoms with Gasteiger partial charge in [-0.05, 0) is 30.0 Å². The van der Waals surface area contributed by atoms with Crippen LogP contribution in [0.3, 0.4) is 0 Å². The number of aliphatic carboxylic acids is 1. The topological polar surface area (TPSA) is 53.0 Å². The van der Waals surface area contributed by atoms with Crippen LogP contribution in [0.4, 0.5) is 0 Å². The number of likely N-dealkylation sites (N-methyl/N-ethyl adjacent to an activating group) is 1. The Morgan fingerprint density at radius 1 is 1.52 bits per heavy atom. The second-order valence-corrected chi connectivity index (χ2v) is 6.67. The van der Waals surface area contributed by atoms with E-state index in [4.69, 9.17) is 4.74 Å². The van der Waals surface area contributed by atoms with Crippen LogP contribution in [0.25, 0.3) is 0 Å². The molecule has 0 saturated carbocycles. The molecule has 116 valence electrons. The summed E-state index contributed by atoms with van der Waals surface area (Å²) >= 11 is 1.67. The average molecular weight is 310 g/mol. The Morgan fingerprint density at radius 3 is 3.14 bits per heavy atom. The van der Waals surface area contributed by atoms with Gasteiger partial charge in [0.15, 0.2) is 0 Å². The van der Waals surface area contributed by atoms with Gasteiger partial charge >= 0.3 is 5.97 Å². The maximum Gasteiger partial charge on any atom is 0.325 e. The second kappa shape index (κ2) is 6.44. The molecule has 2 aliphatic rings. The Bertz CT molecular complexity index is 505. The van der Waals surface area contributed by atoms with Crippen molar-refractivity contribution in [3.63, 3.8) is 0 Å². The van der Waals surface area contributed by atoms with Crippen LogP contribution in [0.15, 0.2) is 11.4 Å². The first-order valence-corrected chi connectivity index (χ1v) is 8.44. The predicted octanol–water partition coefficient (Wildman–Crippen LogP) is 1.45. The monoisotopic (exact) mass is 310 g/mol. The van der Waals surface area contributed by atoms with Crippen molar-refractivity contribution < 1.29 is 14.6 Å². The van der Waals surface area contributed by atoms with Gasteiger partial charge in [0.05, 0.1) is 12.7 Å². The first-order chi connectivity index (χ1) is 10.2. The molecule has 5 nitrogen and oxygen atoms in total. The highest BCUT2D eigenvalue weighted by Crippen LogP contribution is 2.33. The summed E-state index contributed by atoms with van der Waals surface area (Å²) in [4.78, 5) is 17.4. The summed E-state index contributed by atoms with van der Waals surface area (Å²) in [6.07, 6.45) is 1.06. The number of carbonyl (C=O) groups is 1. The zero-order valence-electron chi connectivity index (χ0n) is 12.3. The summed E-state index contributed by atoms with van der Waals surface area (Å²) in [5.41, 5.74) is 0.974.